The van der Waals surface area contributed by atoms with Crippen molar-refractivity contribution in [2.45, 2.75) is 18.0 Å². The summed E-state index contributed by atoms with van der Waals surface area (Å²) in [5.74, 6) is 0.503. The first-order valence-corrected chi connectivity index (χ1v) is 7.93. The highest BCUT2D eigenvalue weighted by molar-refractivity contribution is 9.10. The van der Waals surface area contributed by atoms with Crippen molar-refractivity contribution >= 4 is 26.0 Å². The molecule has 7 nitrogen and oxygen atoms in total. The van der Waals surface area contributed by atoms with Crippen LogP contribution in [0.15, 0.2) is 33.9 Å². The lowest BCUT2D eigenvalue weighted by Crippen LogP contribution is -2.25. The molecule has 0 fully saturated rings. The third-order valence-corrected chi connectivity index (χ3v) is 5.09. The second kappa shape index (κ2) is 6.00. The van der Waals surface area contributed by atoms with Crippen LogP contribution >= 0.6 is 15.9 Å². The van der Waals surface area contributed by atoms with Crippen molar-refractivity contribution < 1.29 is 13.5 Å². The van der Waals surface area contributed by atoms with Crippen LogP contribution in [0.4, 0.5) is 0 Å². The maximum Gasteiger partial charge on any atom is 0.242 e. The van der Waals surface area contributed by atoms with Crippen molar-refractivity contribution in [2.24, 2.45) is 7.05 Å². The van der Waals surface area contributed by atoms with E-state index in [-0.39, 0.29) is 18.0 Å². The zero-order chi connectivity index (χ0) is 14.8. The number of aryl methyl sites for hydroxylation is 1. The summed E-state index contributed by atoms with van der Waals surface area (Å²) in [6, 6.07) is 4.65. The third-order valence-electron chi connectivity index (χ3n) is 2.69. The number of aliphatic hydroxyl groups excluding tert-OH is 1. The summed E-state index contributed by atoms with van der Waals surface area (Å²) in [5, 5.41) is 16.6. The molecule has 0 aliphatic carbocycles. The van der Waals surface area contributed by atoms with Crippen molar-refractivity contribution in [2.75, 3.05) is 0 Å². The molecule has 1 aromatic heterocycles. The molecule has 0 amide bonds. The van der Waals surface area contributed by atoms with Crippen LogP contribution in [-0.4, -0.2) is 28.3 Å². The van der Waals surface area contributed by atoms with Gasteiger partial charge in [0.1, 0.15) is 12.2 Å². The molecule has 2 N–H and O–H groups in total. The zero-order valence-corrected chi connectivity index (χ0v) is 13.0. The smallest absolute Gasteiger partial charge is 0.242 e. The van der Waals surface area contributed by atoms with Gasteiger partial charge in [0.2, 0.25) is 10.0 Å². The molecule has 0 atom stereocenters. The Morgan fingerprint density at radius 2 is 2.20 bits per heavy atom. The molecular weight excluding hydrogens is 348 g/mol. The Bertz CT molecular complexity index is 714. The maximum absolute atomic E-state index is 12.2. The van der Waals surface area contributed by atoms with E-state index in [4.69, 9.17) is 5.11 Å². The van der Waals surface area contributed by atoms with Crippen molar-refractivity contribution in [1.29, 1.82) is 0 Å². The van der Waals surface area contributed by atoms with Crippen molar-refractivity contribution in [3.8, 4) is 0 Å². The minimum Gasteiger partial charge on any atom is -0.392 e. The van der Waals surface area contributed by atoms with Gasteiger partial charge in [-0.3, -0.25) is 0 Å². The summed E-state index contributed by atoms with van der Waals surface area (Å²) >= 11 is 3.19. The van der Waals surface area contributed by atoms with Crippen LogP contribution in [0.2, 0.25) is 0 Å². The van der Waals surface area contributed by atoms with Gasteiger partial charge in [-0.15, -0.1) is 10.2 Å². The van der Waals surface area contributed by atoms with Crippen molar-refractivity contribution in [3.63, 3.8) is 0 Å². The predicted molar refractivity (Wildman–Crippen MR) is 75.1 cm³/mol. The number of nitrogens with one attached hydrogen (secondary N) is 1. The summed E-state index contributed by atoms with van der Waals surface area (Å²) in [4.78, 5) is 0.0752. The first kappa shape index (κ1) is 15.1. The highest BCUT2D eigenvalue weighted by atomic mass is 79.9. The van der Waals surface area contributed by atoms with Crippen molar-refractivity contribution in [3.05, 3.63) is 40.4 Å². The number of aromatic nitrogens is 3. The fourth-order valence-electron chi connectivity index (χ4n) is 1.56. The quantitative estimate of drug-likeness (QED) is 0.811. The highest BCUT2D eigenvalue weighted by Crippen LogP contribution is 2.23. The van der Waals surface area contributed by atoms with Crippen LogP contribution in [0, 0.1) is 0 Å². The largest absolute Gasteiger partial charge is 0.392 e. The topological polar surface area (TPSA) is 97.1 Å². The zero-order valence-electron chi connectivity index (χ0n) is 10.6. The van der Waals surface area contributed by atoms with Crippen LogP contribution in [0.3, 0.4) is 0 Å². The Balaban J connectivity index is 2.24. The molecule has 0 radical (unpaired) electrons. The lowest BCUT2D eigenvalue weighted by atomic mass is 10.2. The predicted octanol–water partition coefficient (Wildman–Crippen LogP) is 0.548. The van der Waals surface area contributed by atoms with E-state index in [9.17, 15) is 8.42 Å². The Labute approximate surface area is 124 Å². The molecule has 1 heterocycles. The molecule has 108 valence electrons. The molecule has 2 aromatic rings. The molecule has 0 unspecified atom stereocenters. The number of aliphatic hydroxyl groups is 1. The SMILES string of the molecule is Cn1cnnc1CNS(=O)(=O)c1cc(CO)ccc1Br. The molecule has 2 rings (SSSR count). The molecule has 0 spiro atoms. The monoisotopic (exact) mass is 360 g/mol. The fraction of sp³-hybridized carbons (Fsp3) is 0.273. The number of hydrogen-bond acceptors (Lipinski definition) is 5. The van der Waals surface area contributed by atoms with Crippen molar-refractivity contribution in [1.82, 2.24) is 19.5 Å². The van der Waals surface area contributed by atoms with E-state index in [0.29, 0.717) is 15.9 Å². The lowest BCUT2D eigenvalue weighted by molar-refractivity contribution is 0.281. The van der Waals surface area contributed by atoms with E-state index < -0.39 is 10.0 Å². The minimum atomic E-state index is -3.71. The first-order valence-electron chi connectivity index (χ1n) is 5.66. The molecule has 0 saturated carbocycles. The van der Waals surface area contributed by atoms with Crippen LogP contribution in [-0.2, 0) is 30.2 Å². The average Bonchev–Trinajstić information content (AvgIpc) is 2.82. The van der Waals surface area contributed by atoms with Crippen LogP contribution in [0.25, 0.3) is 0 Å². The molecule has 1 aromatic carbocycles. The number of sulfonamides is 1. The van der Waals surface area contributed by atoms with Crippen LogP contribution < -0.4 is 4.72 Å². The van der Waals surface area contributed by atoms with E-state index in [0.717, 1.165) is 0 Å². The molecule has 0 aliphatic heterocycles. The average molecular weight is 361 g/mol. The molecule has 0 aliphatic rings. The number of benzene rings is 1. The second-order valence-electron chi connectivity index (χ2n) is 4.11. The summed E-state index contributed by atoms with van der Waals surface area (Å²) in [7, 11) is -1.98. The van der Waals surface area contributed by atoms with Gasteiger partial charge >= 0.3 is 0 Å². The molecule has 0 bridgehead atoms. The number of nitrogens with zero attached hydrogens (tertiary/aromatic N) is 3. The minimum absolute atomic E-state index is 0.0363. The van der Waals surface area contributed by atoms with Gasteiger partial charge in [0.25, 0.3) is 0 Å². The third kappa shape index (κ3) is 3.23. The highest BCUT2D eigenvalue weighted by Gasteiger charge is 2.18. The molecular formula is C11H13BrN4O3S. The fourth-order valence-corrected chi connectivity index (χ4v) is 3.55. The summed E-state index contributed by atoms with van der Waals surface area (Å²) < 4.78 is 29.0. The summed E-state index contributed by atoms with van der Waals surface area (Å²) in [5.41, 5.74) is 0.521. The van der Waals surface area contributed by atoms with Gasteiger partial charge in [-0.1, -0.05) is 6.07 Å². The van der Waals surface area contributed by atoms with Gasteiger partial charge < -0.3 is 9.67 Å². The Kier molecular flexibility index (Phi) is 4.53. The number of hydrogen-bond donors (Lipinski definition) is 2. The van der Waals surface area contributed by atoms with E-state index in [1.807, 2.05) is 0 Å². The van der Waals surface area contributed by atoms with Crippen LogP contribution in [0.1, 0.15) is 11.4 Å². The van der Waals surface area contributed by atoms with Gasteiger partial charge in [-0.2, -0.15) is 0 Å². The van der Waals surface area contributed by atoms with Crippen LogP contribution in [0.5, 0.6) is 0 Å². The molecule has 20 heavy (non-hydrogen) atoms. The van der Waals surface area contributed by atoms with E-state index in [1.165, 1.54) is 12.4 Å². The van der Waals surface area contributed by atoms with Gasteiger partial charge in [0.05, 0.1) is 18.0 Å². The van der Waals surface area contributed by atoms with Gasteiger partial charge in [0.15, 0.2) is 0 Å². The second-order valence-corrected chi connectivity index (χ2v) is 6.70. The van der Waals surface area contributed by atoms with E-state index in [2.05, 4.69) is 30.8 Å². The maximum atomic E-state index is 12.2. The standard InChI is InChI=1S/C11H13BrN4O3S/c1-16-7-13-15-11(16)5-14-20(18,19)10-4-8(6-17)2-3-9(10)12/h2-4,7,14,17H,5-6H2,1H3. The van der Waals surface area contributed by atoms with Gasteiger partial charge in [0, 0.05) is 11.5 Å². The summed E-state index contributed by atoms with van der Waals surface area (Å²) in [6.45, 7) is -0.187. The van der Waals surface area contributed by atoms with Gasteiger partial charge in [-0.25, -0.2) is 13.1 Å². The van der Waals surface area contributed by atoms with E-state index >= 15 is 0 Å². The Morgan fingerprint density at radius 3 is 2.80 bits per heavy atom. The Morgan fingerprint density at radius 1 is 1.45 bits per heavy atom. The normalized spacial score (nSPS) is 11.8. The van der Waals surface area contributed by atoms with E-state index in [1.54, 1.807) is 23.7 Å². The number of halogens is 1. The lowest BCUT2D eigenvalue weighted by Gasteiger charge is -2.09. The number of rotatable bonds is 5. The molecule has 9 heteroatoms. The Hall–Kier alpha value is -1.29. The molecule has 0 saturated heterocycles. The first-order chi connectivity index (χ1) is 9.44. The summed E-state index contributed by atoms with van der Waals surface area (Å²) in [6.07, 6.45) is 1.49. The van der Waals surface area contributed by atoms with Gasteiger partial charge in [-0.05, 0) is 33.6 Å².